The van der Waals surface area contributed by atoms with Crippen molar-refractivity contribution < 1.29 is 13.2 Å². The van der Waals surface area contributed by atoms with Gasteiger partial charge in [-0.1, -0.05) is 12.1 Å². The largest absolute Gasteiger partial charge is 0.490 e. The third kappa shape index (κ3) is 2.50. The Kier molecular flexibility index (Phi) is 4.14. The Morgan fingerprint density at radius 2 is 2.09 bits per heavy atom. The fourth-order valence-electron chi connectivity index (χ4n) is 3.14. The highest BCUT2D eigenvalue weighted by atomic mass is 32.2. The van der Waals surface area contributed by atoms with Gasteiger partial charge in [0.15, 0.2) is 0 Å². The Morgan fingerprint density at radius 1 is 1.36 bits per heavy atom. The van der Waals surface area contributed by atoms with Crippen molar-refractivity contribution in [2.24, 2.45) is 0 Å². The zero-order valence-corrected chi connectivity index (χ0v) is 13.7. The lowest BCUT2D eigenvalue weighted by molar-refractivity contribution is 0.232. The number of rotatable bonds is 3. The molecule has 0 N–H and O–H groups in total. The molecule has 1 saturated heterocycles. The van der Waals surface area contributed by atoms with Crippen LogP contribution in [0.3, 0.4) is 0 Å². The minimum absolute atomic E-state index is 0.221. The van der Waals surface area contributed by atoms with Crippen LogP contribution in [0.5, 0.6) is 5.75 Å². The first-order valence-corrected chi connectivity index (χ1v) is 9.13. The van der Waals surface area contributed by atoms with E-state index in [0.717, 1.165) is 31.6 Å². The molecule has 0 radical (unpaired) electrons. The minimum Gasteiger partial charge on any atom is -0.490 e. The van der Waals surface area contributed by atoms with Crippen LogP contribution in [-0.2, 0) is 10.0 Å². The first-order valence-electron chi connectivity index (χ1n) is 7.69. The van der Waals surface area contributed by atoms with E-state index in [2.05, 4.69) is 11.5 Å². The van der Waals surface area contributed by atoms with Crippen LogP contribution in [0.1, 0.15) is 19.8 Å². The van der Waals surface area contributed by atoms with E-state index >= 15 is 0 Å². The molecule has 2 aliphatic heterocycles. The number of sulfonamides is 1. The summed E-state index contributed by atoms with van der Waals surface area (Å²) in [6, 6.07) is 5.28. The topological polar surface area (TPSA) is 49.9 Å². The van der Waals surface area contributed by atoms with E-state index in [9.17, 15) is 8.42 Å². The van der Waals surface area contributed by atoms with Crippen molar-refractivity contribution in [3.8, 4) is 5.75 Å². The van der Waals surface area contributed by atoms with Gasteiger partial charge in [-0.05, 0) is 31.9 Å². The molecule has 0 unspecified atom stereocenters. The molecule has 2 aliphatic rings. The van der Waals surface area contributed by atoms with Crippen LogP contribution in [0.2, 0.25) is 0 Å². The average Bonchev–Trinajstić information content (AvgIpc) is 3.00. The lowest BCUT2D eigenvalue weighted by atomic mass is 10.2. The van der Waals surface area contributed by atoms with Crippen molar-refractivity contribution in [3.63, 3.8) is 0 Å². The van der Waals surface area contributed by atoms with Crippen LogP contribution in [0.4, 0.5) is 5.69 Å². The quantitative estimate of drug-likeness (QED) is 0.801. The van der Waals surface area contributed by atoms with Crippen molar-refractivity contribution in [2.45, 2.75) is 30.7 Å². The molecule has 1 atom stereocenters. The van der Waals surface area contributed by atoms with Crippen LogP contribution < -0.4 is 9.64 Å². The molecule has 1 aromatic rings. The number of nitrogens with zero attached hydrogens (tertiary/aromatic N) is 2. The normalized spacial score (nSPS) is 24.4. The van der Waals surface area contributed by atoms with E-state index in [1.54, 1.807) is 12.1 Å². The monoisotopic (exact) mass is 322 g/mol. The van der Waals surface area contributed by atoms with Gasteiger partial charge in [0, 0.05) is 19.6 Å². The van der Waals surface area contributed by atoms with Gasteiger partial charge in [-0.25, -0.2) is 8.42 Å². The smallest absolute Gasteiger partial charge is 0.249 e. The lowest BCUT2D eigenvalue weighted by Crippen LogP contribution is -2.40. The molecular weight excluding hydrogens is 300 g/mol. The highest BCUT2D eigenvalue weighted by Crippen LogP contribution is 2.39. The van der Waals surface area contributed by atoms with Crippen LogP contribution >= 0.6 is 0 Å². The third-order valence-corrected chi connectivity index (χ3v) is 6.30. The standard InChI is InChI=1S/C16H22N2O3S/c1-3-9-18-13(2)12-21-15-8-6-7-14(16(15)22(18,19)20)17-10-4-5-11-17/h3,6-8,13H,1,4-5,9-12H2,2H3/t13-/m0/s1. The van der Waals surface area contributed by atoms with Crippen molar-refractivity contribution in [1.82, 2.24) is 4.31 Å². The molecule has 5 nitrogen and oxygen atoms in total. The lowest BCUT2D eigenvalue weighted by Gasteiger charge is -2.26. The van der Waals surface area contributed by atoms with E-state index < -0.39 is 10.0 Å². The van der Waals surface area contributed by atoms with Crippen LogP contribution in [0, 0.1) is 0 Å². The summed E-state index contributed by atoms with van der Waals surface area (Å²) in [7, 11) is -3.60. The fraction of sp³-hybridized carbons (Fsp3) is 0.500. The van der Waals surface area contributed by atoms with E-state index in [1.807, 2.05) is 19.1 Å². The maximum Gasteiger partial charge on any atom is 0.249 e. The maximum absolute atomic E-state index is 13.2. The summed E-state index contributed by atoms with van der Waals surface area (Å²) in [6.45, 7) is 7.97. The molecule has 3 rings (SSSR count). The molecule has 6 heteroatoms. The van der Waals surface area contributed by atoms with Crippen molar-refractivity contribution in [2.75, 3.05) is 31.1 Å². The highest BCUT2D eigenvalue weighted by molar-refractivity contribution is 7.89. The number of benzene rings is 1. The summed E-state index contributed by atoms with van der Waals surface area (Å²) in [5.41, 5.74) is 0.762. The number of anilines is 1. The third-order valence-electron chi connectivity index (χ3n) is 4.25. The molecular formula is C16H22N2O3S. The van der Waals surface area contributed by atoms with Gasteiger partial charge in [0.2, 0.25) is 10.0 Å². The van der Waals surface area contributed by atoms with E-state index in [1.165, 1.54) is 4.31 Å². The zero-order chi connectivity index (χ0) is 15.7. The Balaban J connectivity index is 2.16. The van der Waals surface area contributed by atoms with Gasteiger partial charge in [-0.15, -0.1) is 6.58 Å². The van der Waals surface area contributed by atoms with Crippen molar-refractivity contribution in [1.29, 1.82) is 0 Å². The number of hydrogen-bond donors (Lipinski definition) is 0. The highest BCUT2D eigenvalue weighted by Gasteiger charge is 2.37. The second kappa shape index (κ2) is 5.93. The summed E-state index contributed by atoms with van der Waals surface area (Å²) < 4.78 is 33.6. The average molecular weight is 322 g/mol. The summed E-state index contributed by atoms with van der Waals surface area (Å²) in [4.78, 5) is 2.45. The molecule has 0 spiro atoms. The van der Waals surface area contributed by atoms with Crippen molar-refractivity contribution in [3.05, 3.63) is 30.9 Å². The second-order valence-corrected chi connectivity index (χ2v) is 7.65. The van der Waals surface area contributed by atoms with Crippen LogP contribution in [0.15, 0.2) is 35.7 Å². The molecule has 1 aromatic carbocycles. The molecule has 120 valence electrons. The molecule has 22 heavy (non-hydrogen) atoms. The van der Waals surface area contributed by atoms with Gasteiger partial charge in [-0.3, -0.25) is 0 Å². The molecule has 2 heterocycles. The zero-order valence-electron chi connectivity index (χ0n) is 12.9. The Hall–Kier alpha value is -1.53. The molecule has 0 aromatic heterocycles. The van der Waals surface area contributed by atoms with Crippen LogP contribution in [0.25, 0.3) is 0 Å². The summed E-state index contributed by atoms with van der Waals surface area (Å²) >= 11 is 0. The van der Waals surface area contributed by atoms with Gasteiger partial charge >= 0.3 is 0 Å². The van der Waals surface area contributed by atoms with E-state index in [-0.39, 0.29) is 6.04 Å². The molecule has 0 bridgehead atoms. The van der Waals surface area contributed by atoms with Gasteiger partial charge in [-0.2, -0.15) is 4.31 Å². The Bertz CT molecular complexity index is 666. The minimum atomic E-state index is -3.60. The van der Waals surface area contributed by atoms with E-state index in [0.29, 0.717) is 23.8 Å². The molecule has 0 amide bonds. The molecule has 1 fully saturated rings. The van der Waals surface area contributed by atoms with E-state index in [4.69, 9.17) is 4.74 Å². The number of ether oxygens (including phenoxy) is 1. The fourth-order valence-corrected chi connectivity index (χ4v) is 5.05. The Morgan fingerprint density at radius 3 is 2.77 bits per heavy atom. The first-order chi connectivity index (χ1) is 10.6. The number of hydrogen-bond acceptors (Lipinski definition) is 4. The van der Waals surface area contributed by atoms with Crippen LogP contribution in [-0.4, -0.2) is 45.0 Å². The Labute approximate surface area is 132 Å². The SMILES string of the molecule is C=CCN1[C@@H](C)COc2cccc(N3CCCC3)c2S1(=O)=O. The summed E-state index contributed by atoms with van der Waals surface area (Å²) in [5, 5.41) is 0. The number of fused-ring (bicyclic) bond motifs is 1. The van der Waals surface area contributed by atoms with Gasteiger partial charge in [0.1, 0.15) is 17.3 Å². The van der Waals surface area contributed by atoms with Gasteiger partial charge < -0.3 is 9.64 Å². The first kappa shape index (κ1) is 15.4. The van der Waals surface area contributed by atoms with Gasteiger partial charge in [0.05, 0.1) is 11.7 Å². The second-order valence-electron chi connectivity index (χ2n) is 5.82. The maximum atomic E-state index is 13.2. The predicted molar refractivity (Wildman–Crippen MR) is 86.9 cm³/mol. The molecule has 0 saturated carbocycles. The predicted octanol–water partition coefficient (Wildman–Crippen LogP) is 2.24. The summed E-state index contributed by atoms with van der Waals surface area (Å²) in [5.74, 6) is 0.461. The molecule has 0 aliphatic carbocycles. The van der Waals surface area contributed by atoms with Gasteiger partial charge in [0.25, 0.3) is 0 Å². The summed E-state index contributed by atoms with van der Waals surface area (Å²) in [6.07, 6.45) is 3.81. The van der Waals surface area contributed by atoms with Crippen molar-refractivity contribution >= 4 is 15.7 Å².